The van der Waals surface area contributed by atoms with Gasteiger partial charge in [-0.1, -0.05) is 62.4 Å². The average molecular weight is 766 g/mol. The number of aliphatic hydroxyl groups is 5. The lowest BCUT2D eigenvalue weighted by Crippen LogP contribution is -2.81. The van der Waals surface area contributed by atoms with Crippen molar-refractivity contribution in [2.24, 2.45) is 16.7 Å². The molecule has 14 heteroatoms. The standard InChI is InChI=1S/C41H51NO13/c1-21-24(53-35(48)30(45)28(22-14-10-8-11-15-22)42-36(49)55-37(2,3)4)19-41(51)33(54-34(47)23-16-12-9-13-17-23)31-39(7,25(43)18-26-40(31,50)20-52-26)32(46)29(44)27(21)38(41,5)6/h8-17,24-26,28-31,33,43-45,50-51H,18-20H2,1-7H3,(H,42,49)/t24-,25-,26+,28?,29+,30-,31?,33-,39+,40-,41+/m0/s1. The average Bonchev–Trinajstić information content (AvgIpc) is 3.12. The molecule has 4 aliphatic rings. The highest BCUT2D eigenvalue weighted by atomic mass is 16.6. The zero-order valence-corrected chi connectivity index (χ0v) is 32.0. The molecule has 1 saturated heterocycles. The van der Waals surface area contributed by atoms with Crippen LogP contribution in [0.2, 0.25) is 0 Å². The first-order valence-corrected chi connectivity index (χ1v) is 18.4. The number of aliphatic hydroxyl groups excluding tert-OH is 3. The summed E-state index contributed by atoms with van der Waals surface area (Å²) in [5, 5.41) is 63.2. The number of ether oxygens (including phenoxy) is 4. The van der Waals surface area contributed by atoms with Gasteiger partial charge in [0.25, 0.3) is 0 Å². The number of rotatable bonds is 7. The summed E-state index contributed by atoms with van der Waals surface area (Å²) in [7, 11) is 0. The molecule has 1 amide bonds. The minimum absolute atomic E-state index is 0.0448. The Bertz CT molecular complexity index is 1860. The highest BCUT2D eigenvalue weighted by Gasteiger charge is 2.76. The third kappa shape index (κ3) is 6.66. The molecule has 6 N–H and O–H groups in total. The predicted molar refractivity (Wildman–Crippen MR) is 194 cm³/mol. The molecule has 55 heavy (non-hydrogen) atoms. The van der Waals surface area contributed by atoms with E-state index in [9.17, 15) is 44.7 Å². The van der Waals surface area contributed by atoms with Crippen LogP contribution in [0.5, 0.6) is 0 Å². The number of ketones is 1. The van der Waals surface area contributed by atoms with E-state index < -0.39 is 106 Å². The zero-order chi connectivity index (χ0) is 40.5. The van der Waals surface area contributed by atoms with Crippen LogP contribution in [0, 0.1) is 16.7 Å². The smallest absolute Gasteiger partial charge is 0.408 e. The Balaban J connectivity index is 1.45. The molecule has 2 saturated carbocycles. The number of carbonyl (C=O) groups excluding carboxylic acids is 4. The first-order chi connectivity index (χ1) is 25.6. The molecule has 11 atom stereocenters. The van der Waals surface area contributed by atoms with Crippen molar-refractivity contribution in [1.82, 2.24) is 5.32 Å². The molecule has 2 aromatic rings. The fourth-order valence-corrected chi connectivity index (χ4v) is 9.16. The Kier molecular flexibility index (Phi) is 10.4. The summed E-state index contributed by atoms with van der Waals surface area (Å²) in [4.78, 5) is 55.5. The molecule has 3 aliphatic carbocycles. The Labute approximate surface area is 319 Å². The molecule has 2 aromatic carbocycles. The van der Waals surface area contributed by atoms with E-state index in [1.807, 2.05) is 0 Å². The summed E-state index contributed by atoms with van der Waals surface area (Å²) >= 11 is 0. The van der Waals surface area contributed by atoms with Crippen LogP contribution < -0.4 is 5.32 Å². The van der Waals surface area contributed by atoms with Gasteiger partial charge in [0.2, 0.25) is 0 Å². The molecule has 298 valence electrons. The number of hydrogen-bond acceptors (Lipinski definition) is 13. The van der Waals surface area contributed by atoms with Gasteiger partial charge in [0.1, 0.15) is 35.1 Å². The SMILES string of the molecule is CC1=C2[C@@H](O)C(=O)[C@@]3(C)C([C@H](OC(=O)c4ccccc4)[C@](O)(C[C@@H]1OC(=O)[C@@H](O)C(NC(=O)OC(C)(C)C)c1ccccc1)C2(C)C)[C@]1(O)CO[C@@H]1C[C@@H]3O. The van der Waals surface area contributed by atoms with Crippen molar-refractivity contribution in [2.75, 3.05) is 6.61 Å². The van der Waals surface area contributed by atoms with Gasteiger partial charge in [0.15, 0.2) is 11.9 Å². The minimum Gasteiger partial charge on any atom is -0.456 e. The first-order valence-electron chi connectivity index (χ1n) is 18.4. The lowest BCUT2D eigenvalue weighted by Gasteiger charge is -2.66. The van der Waals surface area contributed by atoms with Gasteiger partial charge in [0.05, 0.1) is 35.8 Å². The summed E-state index contributed by atoms with van der Waals surface area (Å²) in [5.74, 6) is -4.55. The minimum atomic E-state index is -2.31. The van der Waals surface area contributed by atoms with Crippen LogP contribution in [-0.2, 0) is 28.5 Å². The lowest BCUT2D eigenvalue weighted by molar-refractivity contribution is -0.343. The lowest BCUT2D eigenvalue weighted by atomic mass is 9.44. The molecular weight excluding hydrogens is 714 g/mol. The maximum atomic E-state index is 14.7. The summed E-state index contributed by atoms with van der Waals surface area (Å²) in [6.07, 6.45) is -11.3. The summed E-state index contributed by atoms with van der Waals surface area (Å²) < 4.78 is 23.2. The molecule has 14 nitrogen and oxygen atoms in total. The molecule has 0 spiro atoms. The van der Waals surface area contributed by atoms with Crippen LogP contribution >= 0.6 is 0 Å². The van der Waals surface area contributed by atoms with Crippen molar-refractivity contribution in [3.8, 4) is 0 Å². The number of hydrogen-bond donors (Lipinski definition) is 6. The van der Waals surface area contributed by atoms with Gasteiger partial charge in [-0.15, -0.1) is 0 Å². The van der Waals surface area contributed by atoms with Crippen LogP contribution in [0.15, 0.2) is 71.8 Å². The van der Waals surface area contributed by atoms with Crippen molar-refractivity contribution in [3.05, 3.63) is 82.9 Å². The maximum absolute atomic E-state index is 14.7. The summed E-state index contributed by atoms with van der Waals surface area (Å²) in [5.41, 5.74) is -8.10. The number of Topliss-reactive ketones (excluding diaryl/α,β-unsaturated/α-hetero) is 1. The highest BCUT2D eigenvalue weighted by Crippen LogP contribution is 2.63. The number of amides is 1. The molecule has 0 radical (unpaired) electrons. The van der Waals surface area contributed by atoms with E-state index in [0.29, 0.717) is 5.56 Å². The third-order valence-corrected chi connectivity index (χ3v) is 12.3. The van der Waals surface area contributed by atoms with Gasteiger partial charge in [-0.2, -0.15) is 0 Å². The van der Waals surface area contributed by atoms with Gasteiger partial charge < -0.3 is 49.8 Å². The Hall–Kier alpha value is -4.18. The van der Waals surface area contributed by atoms with Gasteiger partial charge >= 0.3 is 18.0 Å². The summed E-state index contributed by atoms with van der Waals surface area (Å²) in [6, 6.07) is 14.7. The van der Waals surface area contributed by atoms with Crippen molar-refractivity contribution in [2.45, 2.75) is 121 Å². The van der Waals surface area contributed by atoms with E-state index in [1.54, 1.807) is 83.1 Å². The van der Waals surface area contributed by atoms with Crippen LogP contribution in [-0.4, -0.2) is 109 Å². The topological polar surface area (TPSA) is 218 Å². The number of nitrogens with one attached hydrogen (secondary N) is 1. The molecule has 1 aliphatic heterocycles. The quantitative estimate of drug-likeness (QED) is 0.136. The van der Waals surface area contributed by atoms with E-state index >= 15 is 0 Å². The molecule has 1 heterocycles. The maximum Gasteiger partial charge on any atom is 0.408 e. The van der Waals surface area contributed by atoms with Gasteiger partial charge in [-0.25, -0.2) is 14.4 Å². The second-order valence-corrected chi connectivity index (χ2v) is 17.0. The van der Waals surface area contributed by atoms with E-state index in [0.717, 1.165) is 0 Å². The highest BCUT2D eigenvalue weighted by molar-refractivity contribution is 5.94. The van der Waals surface area contributed by atoms with Crippen LogP contribution in [0.1, 0.15) is 83.3 Å². The first kappa shape index (κ1) is 40.5. The van der Waals surface area contributed by atoms with Crippen LogP contribution in [0.4, 0.5) is 4.79 Å². The Morgan fingerprint density at radius 3 is 2.11 bits per heavy atom. The largest absolute Gasteiger partial charge is 0.456 e. The molecule has 6 rings (SSSR count). The van der Waals surface area contributed by atoms with Crippen molar-refractivity contribution >= 4 is 23.8 Å². The molecule has 2 unspecified atom stereocenters. The number of benzene rings is 2. The van der Waals surface area contributed by atoms with Gasteiger partial charge in [0, 0.05) is 24.2 Å². The predicted octanol–water partition coefficient (Wildman–Crippen LogP) is 2.69. The fraction of sp³-hybridized carbons (Fsp3) is 0.561. The second kappa shape index (κ2) is 14.1. The number of carbonyl (C=O) groups is 4. The monoisotopic (exact) mass is 765 g/mol. The van der Waals surface area contributed by atoms with Crippen LogP contribution in [0.3, 0.4) is 0 Å². The van der Waals surface area contributed by atoms with Gasteiger partial charge in [-0.05, 0) is 63.5 Å². The molecule has 0 aromatic heterocycles. The number of fused-ring (bicyclic) bond motifs is 5. The Morgan fingerprint density at radius 1 is 0.945 bits per heavy atom. The number of esters is 2. The Morgan fingerprint density at radius 2 is 1.55 bits per heavy atom. The van der Waals surface area contributed by atoms with Crippen LogP contribution in [0.25, 0.3) is 0 Å². The second-order valence-electron chi connectivity index (χ2n) is 17.0. The van der Waals surface area contributed by atoms with E-state index in [-0.39, 0.29) is 29.7 Å². The molecular formula is C41H51NO13. The molecule has 2 bridgehead atoms. The fourth-order valence-electron chi connectivity index (χ4n) is 9.16. The van der Waals surface area contributed by atoms with E-state index in [4.69, 9.17) is 18.9 Å². The zero-order valence-electron chi connectivity index (χ0n) is 32.0. The summed E-state index contributed by atoms with van der Waals surface area (Å²) in [6.45, 7) is 10.6. The van der Waals surface area contributed by atoms with E-state index in [1.165, 1.54) is 26.0 Å². The number of alkyl carbamates (subject to hydrolysis) is 1. The molecule has 3 fully saturated rings. The normalized spacial score (nSPS) is 35.0. The van der Waals surface area contributed by atoms with Crippen molar-refractivity contribution < 1.29 is 63.7 Å². The van der Waals surface area contributed by atoms with Gasteiger partial charge in [-0.3, -0.25) is 4.79 Å². The van der Waals surface area contributed by atoms with Crippen molar-refractivity contribution in [3.63, 3.8) is 0 Å². The van der Waals surface area contributed by atoms with Crippen molar-refractivity contribution in [1.29, 1.82) is 0 Å². The van der Waals surface area contributed by atoms with E-state index in [2.05, 4.69) is 5.32 Å². The third-order valence-electron chi connectivity index (χ3n) is 12.3.